The maximum atomic E-state index is 12.0. The number of aryl methyl sites for hydroxylation is 1. The fourth-order valence-corrected chi connectivity index (χ4v) is 6.84. The number of ether oxygens (including phenoxy) is 1. The van der Waals surface area contributed by atoms with E-state index in [-0.39, 0.29) is 24.4 Å². The van der Waals surface area contributed by atoms with Crippen LogP contribution < -0.4 is 4.72 Å². The van der Waals surface area contributed by atoms with Gasteiger partial charge >= 0.3 is 0 Å². The topological polar surface area (TPSA) is 78.9 Å². The van der Waals surface area contributed by atoms with Crippen molar-refractivity contribution in [2.75, 3.05) is 36.8 Å². The van der Waals surface area contributed by atoms with Gasteiger partial charge in [-0.1, -0.05) is 19.1 Å². The minimum Gasteiger partial charge on any atom is -0.396 e. The first-order valence-corrected chi connectivity index (χ1v) is 13.6. The number of piperidine rings is 1. The number of nitrogens with one attached hydrogen (secondary N) is 1. The summed E-state index contributed by atoms with van der Waals surface area (Å²) in [6, 6.07) is 9.97. The molecule has 4 rings (SSSR count). The van der Waals surface area contributed by atoms with Gasteiger partial charge in [0.05, 0.1) is 18.0 Å². The molecule has 2 N–H and O–H groups in total. The van der Waals surface area contributed by atoms with Gasteiger partial charge in [-0.2, -0.15) is 0 Å². The summed E-state index contributed by atoms with van der Waals surface area (Å²) in [5.41, 5.74) is 3.07. The Kier molecular flexibility index (Phi) is 7.03. The second-order valence-corrected chi connectivity index (χ2v) is 11.5. The van der Waals surface area contributed by atoms with E-state index >= 15 is 0 Å². The predicted molar refractivity (Wildman–Crippen MR) is 125 cm³/mol. The fraction of sp³-hybridized carbons (Fsp3) is 0.565. The van der Waals surface area contributed by atoms with E-state index in [0.717, 1.165) is 51.9 Å². The van der Waals surface area contributed by atoms with E-state index in [4.69, 9.17) is 9.84 Å². The number of fused-ring (bicyclic) bond motifs is 2. The van der Waals surface area contributed by atoms with Crippen molar-refractivity contribution in [2.24, 2.45) is 0 Å². The van der Waals surface area contributed by atoms with Gasteiger partial charge in [0.25, 0.3) is 0 Å². The predicted octanol–water partition coefficient (Wildman–Crippen LogP) is 3.50. The molecule has 3 heterocycles. The molecule has 0 aliphatic carbocycles. The molecule has 0 amide bonds. The zero-order valence-electron chi connectivity index (χ0n) is 18.1. The van der Waals surface area contributed by atoms with Gasteiger partial charge in [-0.05, 0) is 55.0 Å². The van der Waals surface area contributed by atoms with Crippen molar-refractivity contribution in [1.82, 2.24) is 4.90 Å². The lowest BCUT2D eigenvalue weighted by molar-refractivity contribution is -0.0981. The highest BCUT2D eigenvalue weighted by Gasteiger charge is 2.41. The lowest BCUT2D eigenvalue weighted by Crippen LogP contribution is -2.45. The lowest BCUT2D eigenvalue weighted by Gasteiger charge is -2.44. The second-order valence-electron chi connectivity index (χ2n) is 8.47. The number of nitrogens with zero attached hydrogens (tertiary/aromatic N) is 1. The van der Waals surface area contributed by atoms with Crippen LogP contribution in [-0.2, 0) is 39.7 Å². The molecule has 0 saturated carbocycles. The van der Waals surface area contributed by atoms with Crippen molar-refractivity contribution >= 4 is 27.0 Å². The van der Waals surface area contributed by atoms with Crippen molar-refractivity contribution < 1.29 is 18.3 Å². The molecule has 31 heavy (non-hydrogen) atoms. The van der Waals surface area contributed by atoms with Gasteiger partial charge in [0, 0.05) is 48.1 Å². The van der Waals surface area contributed by atoms with Crippen LogP contribution in [-0.4, -0.2) is 50.5 Å². The molecule has 1 spiro atoms. The average molecular weight is 465 g/mol. The van der Waals surface area contributed by atoms with Crippen molar-refractivity contribution in [3.05, 3.63) is 51.2 Å². The van der Waals surface area contributed by atoms with Crippen LogP contribution >= 0.6 is 11.3 Å². The summed E-state index contributed by atoms with van der Waals surface area (Å²) in [6.07, 6.45) is 4.40. The summed E-state index contributed by atoms with van der Waals surface area (Å²) in [5.74, 6) is -0.0750. The Hall–Kier alpha value is -1.45. The monoisotopic (exact) mass is 464 g/mol. The molecule has 0 radical (unpaired) electrons. The molecule has 0 bridgehead atoms. The van der Waals surface area contributed by atoms with E-state index in [2.05, 4.69) is 22.6 Å². The third kappa shape index (κ3) is 5.31. The molecule has 1 saturated heterocycles. The summed E-state index contributed by atoms with van der Waals surface area (Å²) in [4.78, 5) is 5.44. The molecular formula is C23H32N2O4S2. The largest absolute Gasteiger partial charge is 0.396 e. The number of sulfonamides is 1. The SMILES string of the molecule is CCc1cc2c(s1)CCOC21CCN(Cc2ccc(NS(=O)(=O)CCCO)cc2)CC1. The van der Waals surface area contributed by atoms with E-state index in [1.807, 2.05) is 35.6 Å². The van der Waals surface area contributed by atoms with E-state index in [1.165, 1.54) is 20.9 Å². The Labute approximate surface area is 189 Å². The Morgan fingerprint density at radius 1 is 1.23 bits per heavy atom. The summed E-state index contributed by atoms with van der Waals surface area (Å²) in [6.45, 7) is 5.75. The van der Waals surface area contributed by atoms with Gasteiger partial charge < -0.3 is 9.84 Å². The molecule has 2 aliphatic rings. The Bertz CT molecular complexity index is 978. The smallest absolute Gasteiger partial charge is 0.232 e. The van der Waals surface area contributed by atoms with Crippen molar-refractivity contribution in [1.29, 1.82) is 0 Å². The van der Waals surface area contributed by atoms with Crippen LogP contribution in [0.2, 0.25) is 0 Å². The highest BCUT2D eigenvalue weighted by Crippen LogP contribution is 2.44. The number of aliphatic hydroxyl groups is 1. The molecule has 2 aromatic rings. The lowest BCUT2D eigenvalue weighted by atomic mass is 9.82. The van der Waals surface area contributed by atoms with Crippen molar-refractivity contribution in [2.45, 2.75) is 51.2 Å². The summed E-state index contributed by atoms with van der Waals surface area (Å²) >= 11 is 1.96. The van der Waals surface area contributed by atoms with E-state index in [0.29, 0.717) is 5.69 Å². The van der Waals surface area contributed by atoms with Crippen LogP contribution in [0.15, 0.2) is 30.3 Å². The first-order valence-electron chi connectivity index (χ1n) is 11.1. The second kappa shape index (κ2) is 9.58. The average Bonchev–Trinajstić information content (AvgIpc) is 3.20. The Morgan fingerprint density at radius 2 is 1.97 bits per heavy atom. The van der Waals surface area contributed by atoms with Crippen molar-refractivity contribution in [3.63, 3.8) is 0 Å². The fourth-order valence-electron chi connectivity index (χ4n) is 4.55. The van der Waals surface area contributed by atoms with Crippen LogP contribution in [0.25, 0.3) is 0 Å². The third-order valence-electron chi connectivity index (χ3n) is 6.28. The van der Waals surface area contributed by atoms with Crippen LogP contribution in [0.3, 0.4) is 0 Å². The number of benzene rings is 1. The third-order valence-corrected chi connectivity index (χ3v) is 8.99. The molecule has 6 nitrogen and oxygen atoms in total. The molecular weight excluding hydrogens is 432 g/mol. The normalized spacial score (nSPS) is 18.8. The van der Waals surface area contributed by atoms with Gasteiger partial charge in [0.2, 0.25) is 10.0 Å². The number of aliphatic hydroxyl groups excluding tert-OH is 1. The number of hydrogen-bond donors (Lipinski definition) is 2. The summed E-state index contributed by atoms with van der Waals surface area (Å²) in [7, 11) is -3.41. The highest BCUT2D eigenvalue weighted by atomic mass is 32.2. The zero-order valence-corrected chi connectivity index (χ0v) is 19.7. The highest BCUT2D eigenvalue weighted by molar-refractivity contribution is 7.92. The Balaban J connectivity index is 1.34. The van der Waals surface area contributed by atoms with Crippen LogP contribution in [0.1, 0.15) is 47.1 Å². The number of anilines is 1. The summed E-state index contributed by atoms with van der Waals surface area (Å²) < 4.78 is 32.9. The van der Waals surface area contributed by atoms with Crippen LogP contribution in [0.4, 0.5) is 5.69 Å². The molecule has 1 aromatic carbocycles. The van der Waals surface area contributed by atoms with E-state index in [9.17, 15) is 8.42 Å². The van der Waals surface area contributed by atoms with E-state index < -0.39 is 10.0 Å². The number of rotatable bonds is 8. The minimum atomic E-state index is -3.41. The van der Waals surface area contributed by atoms with Gasteiger partial charge in [-0.25, -0.2) is 8.42 Å². The zero-order chi connectivity index (χ0) is 21.9. The molecule has 170 valence electrons. The molecule has 0 unspecified atom stereocenters. The molecule has 1 aromatic heterocycles. The maximum absolute atomic E-state index is 12.0. The first kappa shape index (κ1) is 22.7. The number of hydrogen-bond acceptors (Lipinski definition) is 6. The van der Waals surface area contributed by atoms with Gasteiger partial charge in [0.15, 0.2) is 0 Å². The maximum Gasteiger partial charge on any atom is 0.232 e. The minimum absolute atomic E-state index is 0.0750. The first-order chi connectivity index (χ1) is 14.9. The van der Waals surface area contributed by atoms with Crippen LogP contribution in [0, 0.1) is 0 Å². The van der Waals surface area contributed by atoms with E-state index in [1.54, 1.807) is 0 Å². The molecule has 2 aliphatic heterocycles. The van der Waals surface area contributed by atoms with Gasteiger partial charge in [0.1, 0.15) is 0 Å². The summed E-state index contributed by atoms with van der Waals surface area (Å²) in [5, 5.41) is 8.83. The quantitative estimate of drug-likeness (QED) is 0.625. The van der Waals surface area contributed by atoms with Crippen molar-refractivity contribution in [3.8, 4) is 0 Å². The Morgan fingerprint density at radius 3 is 2.65 bits per heavy atom. The number of thiophene rings is 1. The van der Waals surface area contributed by atoms with Gasteiger partial charge in [-0.3, -0.25) is 9.62 Å². The molecule has 1 fully saturated rings. The molecule has 0 atom stereocenters. The van der Waals surface area contributed by atoms with Gasteiger partial charge in [-0.15, -0.1) is 11.3 Å². The number of likely N-dealkylation sites (tertiary alicyclic amines) is 1. The van der Waals surface area contributed by atoms with Crippen LogP contribution in [0.5, 0.6) is 0 Å². The standard InChI is InChI=1S/C23H32N2O4S2/c1-2-20-16-21-22(30-20)8-14-29-23(21)9-11-25(12-10-23)17-18-4-6-19(7-5-18)24-31(27,28)15-3-13-26/h4-7,16,24,26H,2-3,8-15,17H2,1H3. The molecule has 8 heteroatoms.